The quantitative estimate of drug-likeness (QED) is 0.712. The summed E-state index contributed by atoms with van der Waals surface area (Å²) in [5.74, 6) is 0. The lowest BCUT2D eigenvalue weighted by Crippen LogP contribution is -2.44. The van der Waals surface area contributed by atoms with Crippen molar-refractivity contribution in [3.8, 4) is 0 Å². The maximum atomic E-state index is 3.81. The molecule has 1 saturated carbocycles. The Morgan fingerprint density at radius 3 is 2.12 bits per heavy atom. The van der Waals surface area contributed by atoms with Gasteiger partial charge in [-0.2, -0.15) is 0 Å². The molecular weight excluding hydrogens is 208 g/mol. The van der Waals surface area contributed by atoms with Crippen molar-refractivity contribution in [3.05, 3.63) is 0 Å². The van der Waals surface area contributed by atoms with Crippen LogP contribution in [0.25, 0.3) is 0 Å². The monoisotopic (exact) mass is 238 g/mol. The van der Waals surface area contributed by atoms with Crippen LogP contribution in [0.4, 0.5) is 0 Å². The van der Waals surface area contributed by atoms with E-state index < -0.39 is 0 Å². The average molecular weight is 238 g/mol. The van der Waals surface area contributed by atoms with Crippen molar-refractivity contribution in [1.29, 1.82) is 0 Å². The van der Waals surface area contributed by atoms with E-state index in [0.29, 0.717) is 10.8 Å². The van der Waals surface area contributed by atoms with Gasteiger partial charge in [0, 0.05) is 13.1 Å². The lowest BCUT2D eigenvalue weighted by atomic mass is 9.75. The van der Waals surface area contributed by atoms with Crippen LogP contribution in [0.2, 0.25) is 0 Å². The van der Waals surface area contributed by atoms with Gasteiger partial charge in [-0.15, -0.1) is 0 Å². The van der Waals surface area contributed by atoms with Crippen LogP contribution in [0, 0.1) is 10.8 Å². The molecule has 1 heterocycles. The maximum absolute atomic E-state index is 3.81. The molecule has 2 aliphatic rings. The predicted molar refractivity (Wildman–Crippen MR) is 74.3 cm³/mol. The summed E-state index contributed by atoms with van der Waals surface area (Å²) in [6.07, 6.45) is 9.75. The molecule has 1 aliphatic carbocycles. The number of hydrogen-bond acceptors (Lipinski definition) is 2. The first kappa shape index (κ1) is 13.4. The van der Waals surface area contributed by atoms with E-state index in [1.54, 1.807) is 0 Å². The Labute approximate surface area is 107 Å². The largest absolute Gasteiger partial charge is 0.317 e. The molecule has 2 heteroatoms. The van der Waals surface area contributed by atoms with Crippen LogP contribution >= 0.6 is 0 Å². The highest BCUT2D eigenvalue weighted by Gasteiger charge is 2.40. The van der Waals surface area contributed by atoms with Crippen molar-refractivity contribution < 1.29 is 0 Å². The van der Waals surface area contributed by atoms with Gasteiger partial charge in [0.05, 0.1) is 0 Å². The molecule has 0 aromatic carbocycles. The summed E-state index contributed by atoms with van der Waals surface area (Å²) in [5, 5.41) is 7.31. The van der Waals surface area contributed by atoms with Crippen LogP contribution in [0.3, 0.4) is 0 Å². The van der Waals surface area contributed by atoms with Gasteiger partial charge >= 0.3 is 0 Å². The van der Waals surface area contributed by atoms with Gasteiger partial charge in [0.25, 0.3) is 0 Å². The molecule has 0 aromatic rings. The Hall–Kier alpha value is -0.0800. The van der Waals surface area contributed by atoms with Crippen LogP contribution in [-0.4, -0.2) is 26.2 Å². The van der Waals surface area contributed by atoms with Gasteiger partial charge in [0.2, 0.25) is 0 Å². The summed E-state index contributed by atoms with van der Waals surface area (Å²) in [4.78, 5) is 0. The van der Waals surface area contributed by atoms with Crippen molar-refractivity contribution in [2.75, 3.05) is 26.2 Å². The minimum absolute atomic E-state index is 0.601. The molecular formula is C15H30N2. The lowest BCUT2D eigenvalue weighted by molar-refractivity contribution is 0.172. The van der Waals surface area contributed by atoms with Gasteiger partial charge in [-0.3, -0.25) is 0 Å². The van der Waals surface area contributed by atoms with Crippen LogP contribution in [0.5, 0.6) is 0 Å². The van der Waals surface area contributed by atoms with E-state index >= 15 is 0 Å². The van der Waals surface area contributed by atoms with Crippen molar-refractivity contribution in [1.82, 2.24) is 10.6 Å². The summed E-state index contributed by atoms with van der Waals surface area (Å²) in [7, 11) is 0. The predicted octanol–water partition coefficient (Wildman–Crippen LogP) is 2.94. The van der Waals surface area contributed by atoms with Gasteiger partial charge in [-0.1, -0.05) is 20.3 Å². The molecule has 0 radical (unpaired) electrons. The second kappa shape index (κ2) is 5.71. The van der Waals surface area contributed by atoms with Gasteiger partial charge in [0.1, 0.15) is 0 Å². The highest BCUT2D eigenvalue weighted by molar-refractivity contribution is 4.95. The smallest absolute Gasteiger partial charge is 0.000899 e. The summed E-state index contributed by atoms with van der Waals surface area (Å²) in [6.45, 7) is 9.65. The summed E-state index contributed by atoms with van der Waals surface area (Å²) in [5.41, 5.74) is 1.30. The Bertz CT molecular complexity index is 222. The van der Waals surface area contributed by atoms with E-state index in [2.05, 4.69) is 24.5 Å². The van der Waals surface area contributed by atoms with E-state index in [0.717, 1.165) is 0 Å². The molecule has 2 nitrogen and oxygen atoms in total. The number of rotatable bonds is 7. The zero-order chi connectivity index (χ0) is 12.2. The maximum Gasteiger partial charge on any atom is 0.000899 e. The molecule has 100 valence electrons. The SMILES string of the molecule is CCCC1(CNCC2(CC)CC2)CCNCC1. The Kier molecular flexibility index (Phi) is 4.48. The fourth-order valence-corrected chi connectivity index (χ4v) is 3.43. The normalized spacial score (nSPS) is 25.8. The van der Waals surface area contributed by atoms with Gasteiger partial charge in [-0.05, 0) is 62.4 Å². The third kappa shape index (κ3) is 3.45. The summed E-state index contributed by atoms with van der Waals surface area (Å²) in [6, 6.07) is 0. The van der Waals surface area contributed by atoms with Gasteiger partial charge in [0.15, 0.2) is 0 Å². The molecule has 2 N–H and O–H groups in total. The van der Waals surface area contributed by atoms with Crippen LogP contribution in [0.15, 0.2) is 0 Å². The second-order valence-corrected chi connectivity index (χ2v) is 6.46. The van der Waals surface area contributed by atoms with E-state index in [9.17, 15) is 0 Å². The van der Waals surface area contributed by atoms with E-state index in [-0.39, 0.29) is 0 Å². The minimum atomic E-state index is 0.601. The first-order valence-corrected chi connectivity index (χ1v) is 7.66. The summed E-state index contributed by atoms with van der Waals surface area (Å²) < 4.78 is 0. The fraction of sp³-hybridized carbons (Fsp3) is 1.00. The highest BCUT2D eigenvalue weighted by Crippen LogP contribution is 2.48. The van der Waals surface area contributed by atoms with Crippen LogP contribution < -0.4 is 10.6 Å². The number of nitrogens with one attached hydrogen (secondary N) is 2. The van der Waals surface area contributed by atoms with Crippen molar-refractivity contribution in [2.24, 2.45) is 10.8 Å². The molecule has 0 aromatic heterocycles. The van der Waals surface area contributed by atoms with E-state index in [1.807, 2.05) is 0 Å². The molecule has 1 aliphatic heterocycles. The number of hydrogen-bond donors (Lipinski definition) is 2. The highest BCUT2D eigenvalue weighted by atomic mass is 14.9. The molecule has 1 saturated heterocycles. The molecule has 2 rings (SSSR count). The molecule has 0 bridgehead atoms. The van der Waals surface area contributed by atoms with Crippen LogP contribution in [0.1, 0.15) is 58.8 Å². The standard InChI is InChI=1S/C15H30N2/c1-3-5-15(8-10-16-11-9-15)13-17-12-14(4-2)6-7-14/h16-17H,3-13H2,1-2H3. The van der Waals surface area contributed by atoms with Gasteiger partial charge in [-0.25, -0.2) is 0 Å². The van der Waals surface area contributed by atoms with E-state index in [4.69, 9.17) is 0 Å². The first-order chi connectivity index (χ1) is 8.24. The van der Waals surface area contributed by atoms with Crippen molar-refractivity contribution in [2.45, 2.75) is 58.8 Å². The van der Waals surface area contributed by atoms with Gasteiger partial charge < -0.3 is 10.6 Å². The Balaban J connectivity index is 1.77. The van der Waals surface area contributed by atoms with Crippen molar-refractivity contribution >= 4 is 0 Å². The molecule has 0 unspecified atom stereocenters. The molecule has 0 spiro atoms. The van der Waals surface area contributed by atoms with Crippen molar-refractivity contribution in [3.63, 3.8) is 0 Å². The molecule has 0 atom stereocenters. The first-order valence-electron chi connectivity index (χ1n) is 7.66. The number of piperidine rings is 1. The summed E-state index contributed by atoms with van der Waals surface area (Å²) >= 11 is 0. The van der Waals surface area contributed by atoms with E-state index in [1.165, 1.54) is 71.1 Å². The van der Waals surface area contributed by atoms with Crippen LogP contribution in [-0.2, 0) is 0 Å². The third-order valence-corrected chi connectivity index (χ3v) is 5.15. The molecule has 2 fully saturated rings. The molecule has 0 amide bonds. The second-order valence-electron chi connectivity index (χ2n) is 6.46. The topological polar surface area (TPSA) is 24.1 Å². The third-order valence-electron chi connectivity index (χ3n) is 5.15. The Morgan fingerprint density at radius 2 is 1.59 bits per heavy atom. The zero-order valence-corrected chi connectivity index (χ0v) is 11.8. The zero-order valence-electron chi connectivity index (χ0n) is 11.8. The fourth-order valence-electron chi connectivity index (χ4n) is 3.43. The minimum Gasteiger partial charge on any atom is -0.317 e. The average Bonchev–Trinajstić information content (AvgIpc) is 3.11. The molecule has 17 heavy (non-hydrogen) atoms. The lowest BCUT2D eigenvalue weighted by Gasteiger charge is -2.38. The Morgan fingerprint density at radius 1 is 0.941 bits per heavy atom.